The van der Waals surface area contributed by atoms with Crippen molar-refractivity contribution in [2.45, 2.75) is 4.83 Å². The molecular weight excluding hydrogens is 355 g/mol. The lowest BCUT2D eigenvalue weighted by Gasteiger charge is -2.15. The van der Waals surface area contributed by atoms with Crippen molar-refractivity contribution in [3.05, 3.63) is 81.8 Å². The summed E-state index contributed by atoms with van der Waals surface area (Å²) in [5.74, 6) is 0. The second-order valence-corrected chi connectivity index (χ2v) is 6.30. The van der Waals surface area contributed by atoms with Crippen LogP contribution in [0.3, 0.4) is 0 Å². The Labute approximate surface area is 136 Å². The third kappa shape index (κ3) is 2.46. The molecule has 0 aliphatic carbocycles. The lowest BCUT2D eigenvalue weighted by molar-refractivity contribution is 1.20. The minimum atomic E-state index is 0.0402. The van der Waals surface area contributed by atoms with Gasteiger partial charge in [-0.3, -0.25) is 0 Å². The third-order valence-electron chi connectivity index (χ3n) is 3.36. The van der Waals surface area contributed by atoms with Gasteiger partial charge in [0.05, 0.1) is 4.83 Å². The van der Waals surface area contributed by atoms with Gasteiger partial charge in [-0.05, 0) is 28.6 Å². The van der Waals surface area contributed by atoms with Crippen molar-refractivity contribution in [1.82, 2.24) is 0 Å². The van der Waals surface area contributed by atoms with E-state index in [4.69, 9.17) is 23.2 Å². The molecular formula is C17H11BrCl2. The fraction of sp³-hybridized carbons (Fsp3) is 0.0588. The smallest absolute Gasteiger partial charge is 0.0665 e. The highest BCUT2D eigenvalue weighted by atomic mass is 79.9. The van der Waals surface area contributed by atoms with Gasteiger partial charge in [0.25, 0.3) is 0 Å². The topological polar surface area (TPSA) is 0 Å². The first-order valence-electron chi connectivity index (χ1n) is 6.24. The van der Waals surface area contributed by atoms with Crippen LogP contribution in [-0.4, -0.2) is 0 Å². The van der Waals surface area contributed by atoms with Crippen molar-refractivity contribution in [2.24, 2.45) is 0 Å². The number of halogens is 3. The predicted molar refractivity (Wildman–Crippen MR) is 91.2 cm³/mol. The van der Waals surface area contributed by atoms with E-state index in [0.717, 1.165) is 31.9 Å². The van der Waals surface area contributed by atoms with Crippen molar-refractivity contribution < 1.29 is 0 Å². The molecule has 0 aliphatic rings. The molecule has 20 heavy (non-hydrogen) atoms. The first-order valence-corrected chi connectivity index (χ1v) is 7.91. The molecule has 1 atom stereocenters. The van der Waals surface area contributed by atoms with Gasteiger partial charge in [-0.2, -0.15) is 0 Å². The van der Waals surface area contributed by atoms with Gasteiger partial charge in [0.15, 0.2) is 0 Å². The van der Waals surface area contributed by atoms with Crippen LogP contribution in [0.4, 0.5) is 0 Å². The van der Waals surface area contributed by atoms with Gasteiger partial charge in [0, 0.05) is 15.4 Å². The minimum absolute atomic E-state index is 0.0402. The zero-order valence-corrected chi connectivity index (χ0v) is 13.6. The Balaban J connectivity index is 2.20. The van der Waals surface area contributed by atoms with Crippen molar-refractivity contribution in [2.75, 3.05) is 0 Å². The molecule has 0 bridgehead atoms. The van der Waals surface area contributed by atoms with Gasteiger partial charge >= 0.3 is 0 Å². The summed E-state index contributed by atoms with van der Waals surface area (Å²) in [4.78, 5) is 0.0402. The molecule has 100 valence electrons. The molecule has 3 aromatic carbocycles. The highest BCUT2D eigenvalue weighted by Gasteiger charge is 2.16. The number of hydrogen-bond acceptors (Lipinski definition) is 0. The number of fused-ring (bicyclic) bond motifs is 1. The highest BCUT2D eigenvalue weighted by molar-refractivity contribution is 9.09. The van der Waals surface area contributed by atoms with Crippen molar-refractivity contribution in [1.29, 1.82) is 0 Å². The Morgan fingerprint density at radius 2 is 1.30 bits per heavy atom. The standard InChI is InChI=1S/C17H11BrCl2/c18-17(14-7-3-4-8-15(14)19)13-9-10-16(20)12-6-2-1-5-11(12)13/h1-10,17H. The third-order valence-corrected chi connectivity index (χ3v) is 5.02. The van der Waals surface area contributed by atoms with E-state index in [-0.39, 0.29) is 4.83 Å². The normalized spacial score (nSPS) is 12.6. The van der Waals surface area contributed by atoms with Crippen LogP contribution < -0.4 is 0 Å². The molecule has 0 amide bonds. The fourth-order valence-electron chi connectivity index (χ4n) is 2.35. The Kier molecular flexibility index (Phi) is 4.02. The minimum Gasteiger partial charge on any atom is -0.0840 e. The van der Waals surface area contributed by atoms with Gasteiger partial charge in [-0.15, -0.1) is 0 Å². The van der Waals surface area contributed by atoms with Crippen LogP contribution in [0, 0.1) is 0 Å². The molecule has 0 nitrogen and oxygen atoms in total. The lowest BCUT2D eigenvalue weighted by atomic mass is 9.98. The van der Waals surface area contributed by atoms with Crippen LogP contribution in [0.1, 0.15) is 16.0 Å². The fourth-order valence-corrected chi connectivity index (χ4v) is 3.76. The molecule has 0 saturated heterocycles. The van der Waals surface area contributed by atoms with E-state index in [1.165, 1.54) is 0 Å². The molecule has 3 rings (SSSR count). The number of alkyl halides is 1. The molecule has 0 N–H and O–H groups in total. The average Bonchev–Trinajstić information content (AvgIpc) is 2.48. The van der Waals surface area contributed by atoms with Crippen LogP contribution in [0.5, 0.6) is 0 Å². The molecule has 0 spiro atoms. The first kappa shape index (κ1) is 13.9. The molecule has 1 unspecified atom stereocenters. The number of rotatable bonds is 2. The lowest BCUT2D eigenvalue weighted by Crippen LogP contribution is -1.95. The summed E-state index contributed by atoms with van der Waals surface area (Å²) < 4.78 is 0. The Morgan fingerprint density at radius 1 is 0.650 bits per heavy atom. The van der Waals surface area contributed by atoms with Crippen LogP contribution in [0.25, 0.3) is 10.8 Å². The van der Waals surface area contributed by atoms with E-state index >= 15 is 0 Å². The average molecular weight is 366 g/mol. The monoisotopic (exact) mass is 364 g/mol. The summed E-state index contributed by atoms with van der Waals surface area (Å²) in [5, 5.41) is 3.72. The Hall–Kier alpha value is -1.02. The number of benzene rings is 3. The zero-order valence-electron chi connectivity index (χ0n) is 10.5. The maximum Gasteiger partial charge on any atom is 0.0665 e. The number of hydrogen-bond donors (Lipinski definition) is 0. The van der Waals surface area contributed by atoms with E-state index in [2.05, 4.69) is 22.0 Å². The van der Waals surface area contributed by atoms with Crippen molar-refractivity contribution in [3.63, 3.8) is 0 Å². The van der Waals surface area contributed by atoms with E-state index < -0.39 is 0 Å². The van der Waals surface area contributed by atoms with Gasteiger partial charge in [-0.25, -0.2) is 0 Å². The summed E-state index contributed by atoms with van der Waals surface area (Å²) in [5.41, 5.74) is 2.22. The van der Waals surface area contributed by atoms with E-state index in [1.807, 2.05) is 54.6 Å². The Bertz CT molecular complexity index is 768. The molecule has 0 saturated carbocycles. The summed E-state index contributed by atoms with van der Waals surface area (Å²) in [7, 11) is 0. The summed E-state index contributed by atoms with van der Waals surface area (Å²) in [6.45, 7) is 0. The van der Waals surface area contributed by atoms with E-state index in [9.17, 15) is 0 Å². The molecule has 0 aromatic heterocycles. The maximum atomic E-state index is 6.30. The Morgan fingerprint density at radius 3 is 2.05 bits per heavy atom. The molecule has 3 aromatic rings. The molecule has 0 fully saturated rings. The van der Waals surface area contributed by atoms with Crippen LogP contribution in [-0.2, 0) is 0 Å². The first-order chi connectivity index (χ1) is 9.68. The SMILES string of the molecule is Clc1ccccc1C(Br)c1ccc(Cl)c2ccccc12. The summed E-state index contributed by atoms with van der Waals surface area (Å²) >= 11 is 16.3. The molecule has 3 heteroatoms. The largest absolute Gasteiger partial charge is 0.0840 e. The second-order valence-electron chi connectivity index (χ2n) is 4.57. The molecule has 0 aliphatic heterocycles. The maximum absolute atomic E-state index is 6.30. The van der Waals surface area contributed by atoms with E-state index in [0.29, 0.717) is 0 Å². The van der Waals surface area contributed by atoms with E-state index in [1.54, 1.807) is 0 Å². The van der Waals surface area contributed by atoms with Crippen LogP contribution in [0.2, 0.25) is 10.0 Å². The van der Waals surface area contributed by atoms with Crippen molar-refractivity contribution in [3.8, 4) is 0 Å². The zero-order chi connectivity index (χ0) is 14.1. The van der Waals surface area contributed by atoms with Crippen LogP contribution in [0.15, 0.2) is 60.7 Å². The summed E-state index contributed by atoms with van der Waals surface area (Å²) in [6.07, 6.45) is 0. The van der Waals surface area contributed by atoms with Gasteiger partial charge in [-0.1, -0.05) is 87.7 Å². The van der Waals surface area contributed by atoms with Crippen LogP contribution >= 0.6 is 39.1 Å². The summed E-state index contributed by atoms with van der Waals surface area (Å²) in [6, 6.07) is 20.0. The predicted octanol–water partition coefficient (Wildman–Crippen LogP) is 6.63. The van der Waals surface area contributed by atoms with Gasteiger partial charge in [0.1, 0.15) is 0 Å². The van der Waals surface area contributed by atoms with Crippen molar-refractivity contribution >= 4 is 49.9 Å². The highest BCUT2D eigenvalue weighted by Crippen LogP contribution is 2.39. The second kappa shape index (κ2) is 5.77. The van der Waals surface area contributed by atoms with Gasteiger partial charge in [0.2, 0.25) is 0 Å². The quantitative estimate of drug-likeness (QED) is 0.447. The molecule has 0 heterocycles. The molecule has 0 radical (unpaired) electrons. The van der Waals surface area contributed by atoms with Gasteiger partial charge < -0.3 is 0 Å².